The first kappa shape index (κ1) is 10.3. The van der Waals surface area contributed by atoms with Crippen LogP contribution in [0.25, 0.3) is 4.96 Å². The lowest BCUT2D eigenvalue weighted by Crippen LogP contribution is -2.42. The van der Waals surface area contributed by atoms with Gasteiger partial charge in [0.25, 0.3) is 0 Å². The molecule has 0 aromatic carbocycles. The van der Waals surface area contributed by atoms with Gasteiger partial charge in [-0.1, -0.05) is 0 Å². The lowest BCUT2D eigenvalue weighted by Gasteiger charge is -2.25. The second kappa shape index (κ2) is 3.55. The number of fused-ring (bicyclic) bond motifs is 1. The average molecular weight is 237 g/mol. The third-order valence-electron chi connectivity index (χ3n) is 3.32. The molecule has 1 fully saturated rings. The molecule has 1 saturated carbocycles. The number of hydrogen-bond acceptors (Lipinski definition) is 4. The summed E-state index contributed by atoms with van der Waals surface area (Å²) in [6.07, 6.45) is 6.72. The Bertz CT molecular complexity index is 474. The van der Waals surface area contributed by atoms with Crippen LogP contribution in [-0.2, 0) is 6.42 Å². The van der Waals surface area contributed by atoms with Gasteiger partial charge < -0.3 is 10.8 Å². The largest absolute Gasteiger partial charge is 0.388 e. The number of nitrogens with two attached hydrogens (primary N) is 1. The van der Waals surface area contributed by atoms with E-state index in [1.165, 1.54) is 0 Å². The maximum atomic E-state index is 10.4. The predicted molar refractivity (Wildman–Crippen MR) is 63.5 cm³/mol. The zero-order valence-electron chi connectivity index (χ0n) is 8.97. The quantitative estimate of drug-likeness (QED) is 0.835. The summed E-state index contributed by atoms with van der Waals surface area (Å²) in [6, 6.07) is 0. The lowest BCUT2D eigenvalue weighted by atomic mass is 9.92. The fraction of sp³-hybridized carbons (Fsp3) is 0.545. The maximum absolute atomic E-state index is 10.4. The fourth-order valence-electron chi connectivity index (χ4n) is 2.18. The molecule has 2 aromatic rings. The molecule has 16 heavy (non-hydrogen) atoms. The molecule has 0 saturated heterocycles. The first-order valence-electron chi connectivity index (χ1n) is 5.55. The minimum absolute atomic E-state index is 0.322. The number of nitrogens with zero attached hydrogens (tertiary/aromatic N) is 2. The van der Waals surface area contributed by atoms with Gasteiger partial charge in [-0.25, -0.2) is 4.98 Å². The molecule has 1 aliphatic carbocycles. The SMILES string of the molecule is NCC(O)(Cc1cn2ccsc2n1)C1CC1. The van der Waals surface area contributed by atoms with Crippen molar-refractivity contribution in [3.8, 4) is 0 Å². The fourth-order valence-corrected chi connectivity index (χ4v) is 2.90. The number of aromatic nitrogens is 2. The third kappa shape index (κ3) is 1.65. The van der Waals surface area contributed by atoms with Crippen LogP contribution in [0.3, 0.4) is 0 Å². The Labute approximate surface area is 97.7 Å². The normalized spacial score (nSPS) is 20.1. The van der Waals surface area contributed by atoms with Crippen molar-refractivity contribution in [2.45, 2.75) is 24.9 Å². The monoisotopic (exact) mass is 237 g/mol. The summed E-state index contributed by atoms with van der Waals surface area (Å²) in [5.74, 6) is 0.372. The van der Waals surface area contributed by atoms with Gasteiger partial charge in [0.2, 0.25) is 0 Å². The molecule has 3 rings (SSSR count). The molecular weight excluding hydrogens is 222 g/mol. The van der Waals surface area contributed by atoms with Gasteiger partial charge in [0.15, 0.2) is 4.96 Å². The van der Waals surface area contributed by atoms with E-state index < -0.39 is 5.60 Å². The summed E-state index contributed by atoms with van der Waals surface area (Å²) >= 11 is 1.60. The maximum Gasteiger partial charge on any atom is 0.193 e. The molecular formula is C11H15N3OS. The number of imidazole rings is 1. The van der Waals surface area contributed by atoms with Crippen LogP contribution in [0.5, 0.6) is 0 Å². The Morgan fingerprint density at radius 2 is 2.44 bits per heavy atom. The van der Waals surface area contributed by atoms with E-state index >= 15 is 0 Å². The topological polar surface area (TPSA) is 63.5 Å². The minimum Gasteiger partial charge on any atom is -0.388 e. The summed E-state index contributed by atoms with van der Waals surface area (Å²) < 4.78 is 1.99. The van der Waals surface area contributed by atoms with E-state index in [2.05, 4.69) is 4.98 Å². The summed E-state index contributed by atoms with van der Waals surface area (Å²) in [6.45, 7) is 0.322. The number of rotatable bonds is 4. The average Bonchev–Trinajstić information content (AvgIpc) is 2.93. The van der Waals surface area contributed by atoms with Gasteiger partial charge in [0.1, 0.15) is 0 Å². The Morgan fingerprint density at radius 3 is 3.06 bits per heavy atom. The second-order valence-corrected chi connectivity index (χ2v) is 5.46. The van der Waals surface area contributed by atoms with E-state index in [1.807, 2.05) is 22.2 Å². The molecule has 2 heterocycles. The molecule has 1 aliphatic rings. The Hall–Kier alpha value is -0.910. The van der Waals surface area contributed by atoms with Crippen molar-refractivity contribution in [1.82, 2.24) is 9.38 Å². The number of hydrogen-bond donors (Lipinski definition) is 2. The van der Waals surface area contributed by atoms with E-state index in [4.69, 9.17) is 5.73 Å². The summed E-state index contributed by atoms with van der Waals surface area (Å²) in [4.78, 5) is 5.46. The van der Waals surface area contributed by atoms with E-state index in [0.29, 0.717) is 18.9 Å². The van der Waals surface area contributed by atoms with Crippen molar-refractivity contribution in [2.75, 3.05) is 6.54 Å². The molecule has 86 valence electrons. The van der Waals surface area contributed by atoms with Gasteiger partial charge in [-0.2, -0.15) is 0 Å². The lowest BCUT2D eigenvalue weighted by molar-refractivity contribution is 0.0259. The second-order valence-electron chi connectivity index (χ2n) is 4.58. The zero-order valence-corrected chi connectivity index (χ0v) is 9.78. The molecule has 5 heteroatoms. The van der Waals surface area contributed by atoms with Crippen molar-refractivity contribution < 1.29 is 5.11 Å². The smallest absolute Gasteiger partial charge is 0.193 e. The van der Waals surface area contributed by atoms with Crippen LogP contribution in [0.4, 0.5) is 0 Å². The van der Waals surface area contributed by atoms with Gasteiger partial charge in [0.05, 0.1) is 11.3 Å². The van der Waals surface area contributed by atoms with Crippen molar-refractivity contribution >= 4 is 16.3 Å². The number of aliphatic hydroxyl groups is 1. The number of thiazole rings is 1. The summed E-state index contributed by atoms with van der Waals surface area (Å²) in [5, 5.41) is 12.4. The molecule has 0 amide bonds. The van der Waals surface area contributed by atoms with Crippen LogP contribution < -0.4 is 5.73 Å². The standard InChI is InChI=1S/C11H15N3OS/c12-7-11(15,8-1-2-8)5-9-6-14-3-4-16-10(14)13-9/h3-4,6,8,15H,1-2,5,7,12H2. The predicted octanol–water partition coefficient (Wildman–Crippen LogP) is 1.04. The van der Waals surface area contributed by atoms with Crippen molar-refractivity contribution in [3.05, 3.63) is 23.5 Å². The highest BCUT2D eigenvalue weighted by atomic mass is 32.1. The van der Waals surface area contributed by atoms with E-state index in [1.54, 1.807) is 11.3 Å². The Morgan fingerprint density at radius 1 is 1.62 bits per heavy atom. The molecule has 1 atom stereocenters. The molecule has 3 N–H and O–H groups in total. The van der Waals surface area contributed by atoms with Crippen molar-refractivity contribution in [3.63, 3.8) is 0 Å². The van der Waals surface area contributed by atoms with E-state index in [9.17, 15) is 5.11 Å². The molecule has 0 radical (unpaired) electrons. The Balaban J connectivity index is 1.85. The van der Waals surface area contributed by atoms with Crippen LogP contribution in [-0.4, -0.2) is 26.6 Å². The van der Waals surface area contributed by atoms with E-state index in [-0.39, 0.29) is 0 Å². The summed E-state index contributed by atoms with van der Waals surface area (Å²) in [7, 11) is 0. The molecule has 1 unspecified atom stereocenters. The van der Waals surface area contributed by atoms with Crippen molar-refractivity contribution in [2.24, 2.45) is 11.7 Å². The molecule has 2 aromatic heterocycles. The van der Waals surface area contributed by atoms with Crippen LogP contribution in [0.2, 0.25) is 0 Å². The van der Waals surface area contributed by atoms with Crippen LogP contribution in [0.1, 0.15) is 18.5 Å². The highest BCUT2D eigenvalue weighted by Gasteiger charge is 2.43. The summed E-state index contributed by atoms with van der Waals surface area (Å²) in [5.41, 5.74) is 5.87. The minimum atomic E-state index is -0.746. The van der Waals surface area contributed by atoms with E-state index in [0.717, 1.165) is 23.5 Å². The first-order valence-corrected chi connectivity index (χ1v) is 6.43. The highest BCUT2D eigenvalue weighted by Crippen LogP contribution is 2.40. The molecule has 0 spiro atoms. The molecule has 0 bridgehead atoms. The van der Waals surface area contributed by atoms with Gasteiger partial charge in [-0.05, 0) is 18.8 Å². The van der Waals surface area contributed by atoms with Gasteiger partial charge in [0, 0.05) is 30.7 Å². The highest BCUT2D eigenvalue weighted by molar-refractivity contribution is 7.15. The molecule has 0 aliphatic heterocycles. The van der Waals surface area contributed by atoms with Gasteiger partial charge >= 0.3 is 0 Å². The van der Waals surface area contributed by atoms with Crippen LogP contribution >= 0.6 is 11.3 Å². The van der Waals surface area contributed by atoms with Crippen LogP contribution in [0.15, 0.2) is 17.8 Å². The third-order valence-corrected chi connectivity index (χ3v) is 4.09. The zero-order chi connectivity index (χ0) is 11.2. The van der Waals surface area contributed by atoms with Gasteiger partial charge in [-0.15, -0.1) is 11.3 Å². The Kier molecular flexibility index (Phi) is 2.27. The van der Waals surface area contributed by atoms with Crippen LogP contribution in [0, 0.1) is 5.92 Å². The first-order chi connectivity index (χ1) is 7.71. The van der Waals surface area contributed by atoms with Crippen molar-refractivity contribution in [1.29, 1.82) is 0 Å². The van der Waals surface area contributed by atoms with Gasteiger partial charge in [-0.3, -0.25) is 4.40 Å². The molecule has 4 nitrogen and oxygen atoms in total.